The molecular weight excluding hydrogens is 324 g/mol. The fourth-order valence-electron chi connectivity index (χ4n) is 1.53. The van der Waals surface area contributed by atoms with Crippen LogP contribution in [0.25, 0.3) is 0 Å². The number of anilines is 1. The topological polar surface area (TPSA) is 70.6 Å². The molecule has 3 N–H and O–H groups in total. The summed E-state index contributed by atoms with van der Waals surface area (Å²) in [5, 5.41) is 14.5. The number of alkyl halides is 1. The van der Waals surface area contributed by atoms with Crippen molar-refractivity contribution in [2.75, 3.05) is 17.7 Å². The highest BCUT2D eigenvalue weighted by molar-refractivity contribution is 7.95. The Bertz CT molecular complexity index is 605. The van der Waals surface area contributed by atoms with Crippen molar-refractivity contribution >= 4 is 35.4 Å². The molecular formula is C15H15ClN2O3S. The fourth-order valence-corrected chi connectivity index (χ4v) is 2.17. The van der Waals surface area contributed by atoms with E-state index in [1.165, 1.54) is 12.0 Å². The van der Waals surface area contributed by atoms with Gasteiger partial charge in [0.1, 0.15) is 11.5 Å². The first-order valence-electron chi connectivity index (χ1n) is 6.52. The second-order valence-electron chi connectivity index (χ2n) is 4.25. The van der Waals surface area contributed by atoms with E-state index in [1.807, 2.05) is 12.1 Å². The van der Waals surface area contributed by atoms with E-state index in [0.717, 1.165) is 4.90 Å². The molecule has 0 aromatic heterocycles. The minimum absolute atomic E-state index is 0.195. The summed E-state index contributed by atoms with van der Waals surface area (Å²) in [6.07, 6.45) is 0. The summed E-state index contributed by atoms with van der Waals surface area (Å²) < 4.78 is 5.51. The number of benzene rings is 2. The van der Waals surface area contributed by atoms with Crippen molar-refractivity contribution in [1.29, 1.82) is 0 Å². The number of hydrogen-bond donors (Lipinski definition) is 3. The largest absolute Gasteiger partial charge is 0.508 e. The molecule has 0 fully saturated rings. The van der Waals surface area contributed by atoms with Gasteiger partial charge < -0.3 is 19.9 Å². The minimum atomic E-state index is -0.290. The maximum absolute atomic E-state index is 11.5. The Labute approximate surface area is 137 Å². The monoisotopic (exact) mass is 338 g/mol. The first kappa shape index (κ1) is 16.3. The number of amides is 2. The van der Waals surface area contributed by atoms with Gasteiger partial charge in [0.15, 0.2) is 0 Å². The molecule has 0 aliphatic rings. The van der Waals surface area contributed by atoms with E-state index in [-0.39, 0.29) is 11.8 Å². The van der Waals surface area contributed by atoms with Crippen LogP contribution in [-0.4, -0.2) is 23.6 Å². The number of phenols is 1. The predicted molar refractivity (Wildman–Crippen MR) is 88.8 cm³/mol. The third-order valence-corrected chi connectivity index (χ3v) is 3.49. The summed E-state index contributed by atoms with van der Waals surface area (Å²) in [6, 6.07) is 13.4. The Morgan fingerprint density at radius 3 is 2.45 bits per heavy atom. The molecule has 0 saturated carbocycles. The zero-order valence-electron chi connectivity index (χ0n) is 11.6. The average Bonchev–Trinajstić information content (AvgIpc) is 2.54. The smallest absolute Gasteiger partial charge is 0.319 e. The standard InChI is InChI=1S/C15H15ClN2O3S/c16-9-10-17-15(20)18-11-1-7-14(8-2-11)22-21-13-5-3-12(19)4-6-13/h1-8,19H,9-10H2,(H2,17,18,20). The number of urea groups is 1. The van der Waals surface area contributed by atoms with Crippen LogP contribution in [0.15, 0.2) is 53.4 Å². The van der Waals surface area contributed by atoms with Crippen molar-refractivity contribution in [1.82, 2.24) is 5.32 Å². The predicted octanol–water partition coefficient (Wildman–Crippen LogP) is 3.84. The zero-order chi connectivity index (χ0) is 15.8. The third kappa shape index (κ3) is 5.38. The molecule has 2 amide bonds. The number of aromatic hydroxyl groups is 1. The maximum atomic E-state index is 11.5. The number of halogens is 1. The first-order chi connectivity index (χ1) is 10.7. The quantitative estimate of drug-likeness (QED) is 0.553. The molecule has 22 heavy (non-hydrogen) atoms. The zero-order valence-corrected chi connectivity index (χ0v) is 13.2. The number of phenolic OH excluding ortho intramolecular Hbond substituents is 1. The van der Waals surface area contributed by atoms with Crippen LogP contribution >= 0.6 is 23.6 Å². The second kappa shape index (κ2) is 8.41. The molecule has 0 saturated heterocycles. The van der Waals surface area contributed by atoms with Crippen LogP contribution in [0, 0.1) is 0 Å². The third-order valence-electron chi connectivity index (χ3n) is 2.56. The number of rotatable bonds is 6. The van der Waals surface area contributed by atoms with E-state index in [9.17, 15) is 9.90 Å². The van der Waals surface area contributed by atoms with Gasteiger partial charge in [0.05, 0.1) is 12.0 Å². The van der Waals surface area contributed by atoms with Crippen LogP contribution in [0.1, 0.15) is 0 Å². The van der Waals surface area contributed by atoms with Crippen LogP contribution in [0.5, 0.6) is 11.5 Å². The molecule has 116 valence electrons. The summed E-state index contributed by atoms with van der Waals surface area (Å²) in [7, 11) is 0. The molecule has 5 nitrogen and oxygen atoms in total. The van der Waals surface area contributed by atoms with Gasteiger partial charge in [0.2, 0.25) is 0 Å². The van der Waals surface area contributed by atoms with Gasteiger partial charge in [-0.15, -0.1) is 11.6 Å². The van der Waals surface area contributed by atoms with Gasteiger partial charge in [-0.25, -0.2) is 4.79 Å². The highest BCUT2D eigenvalue weighted by atomic mass is 35.5. The lowest BCUT2D eigenvalue weighted by atomic mass is 10.3. The summed E-state index contributed by atoms with van der Waals surface area (Å²) in [5.74, 6) is 1.21. The molecule has 0 radical (unpaired) electrons. The molecule has 0 aliphatic heterocycles. The normalized spacial score (nSPS) is 10.0. The van der Waals surface area contributed by atoms with Crippen LogP contribution in [-0.2, 0) is 0 Å². The van der Waals surface area contributed by atoms with Crippen molar-refractivity contribution in [2.45, 2.75) is 4.90 Å². The molecule has 2 rings (SSSR count). The van der Waals surface area contributed by atoms with Gasteiger partial charge in [-0.3, -0.25) is 0 Å². The Morgan fingerprint density at radius 2 is 1.82 bits per heavy atom. The molecule has 0 atom stereocenters. The van der Waals surface area contributed by atoms with Gasteiger partial charge in [0, 0.05) is 23.0 Å². The molecule has 0 spiro atoms. The lowest BCUT2D eigenvalue weighted by molar-refractivity contribution is 0.252. The number of nitrogens with one attached hydrogen (secondary N) is 2. The fraction of sp³-hybridized carbons (Fsp3) is 0.133. The van der Waals surface area contributed by atoms with Crippen LogP contribution in [0.2, 0.25) is 0 Å². The van der Waals surface area contributed by atoms with Crippen molar-refractivity contribution < 1.29 is 14.1 Å². The van der Waals surface area contributed by atoms with Gasteiger partial charge in [-0.2, -0.15) is 0 Å². The van der Waals surface area contributed by atoms with Crippen LogP contribution in [0.4, 0.5) is 10.5 Å². The molecule has 7 heteroatoms. The number of carbonyl (C=O) groups is 1. The van der Waals surface area contributed by atoms with Gasteiger partial charge >= 0.3 is 6.03 Å². The average molecular weight is 339 g/mol. The molecule has 2 aromatic carbocycles. The van der Waals surface area contributed by atoms with E-state index in [1.54, 1.807) is 36.4 Å². The van der Waals surface area contributed by atoms with E-state index in [4.69, 9.17) is 15.8 Å². The molecule has 0 heterocycles. The number of hydrogen-bond acceptors (Lipinski definition) is 4. The first-order valence-corrected chi connectivity index (χ1v) is 7.79. The highest BCUT2D eigenvalue weighted by Gasteiger charge is 2.02. The Kier molecular flexibility index (Phi) is 6.24. The summed E-state index contributed by atoms with van der Waals surface area (Å²) >= 11 is 6.68. The van der Waals surface area contributed by atoms with E-state index in [0.29, 0.717) is 23.9 Å². The molecule has 0 bridgehead atoms. The van der Waals surface area contributed by atoms with Crippen molar-refractivity contribution in [3.63, 3.8) is 0 Å². The Hall–Kier alpha value is -2.05. The van der Waals surface area contributed by atoms with E-state index < -0.39 is 0 Å². The molecule has 0 aliphatic carbocycles. The van der Waals surface area contributed by atoms with Crippen molar-refractivity contribution in [2.24, 2.45) is 0 Å². The van der Waals surface area contributed by atoms with E-state index in [2.05, 4.69) is 10.6 Å². The summed E-state index contributed by atoms with van der Waals surface area (Å²) in [4.78, 5) is 12.4. The summed E-state index contributed by atoms with van der Waals surface area (Å²) in [5.41, 5.74) is 0.682. The van der Waals surface area contributed by atoms with Crippen LogP contribution in [0.3, 0.4) is 0 Å². The lowest BCUT2D eigenvalue weighted by Crippen LogP contribution is -2.30. The van der Waals surface area contributed by atoms with Gasteiger partial charge in [0.25, 0.3) is 0 Å². The lowest BCUT2D eigenvalue weighted by Gasteiger charge is -2.07. The van der Waals surface area contributed by atoms with Gasteiger partial charge in [-0.05, 0) is 48.5 Å². The molecule has 0 unspecified atom stereocenters. The second-order valence-corrected chi connectivity index (χ2v) is 5.44. The Morgan fingerprint density at radius 1 is 1.14 bits per heavy atom. The van der Waals surface area contributed by atoms with Gasteiger partial charge in [-0.1, -0.05) is 0 Å². The molecule has 2 aromatic rings. The SMILES string of the molecule is O=C(NCCCl)Nc1ccc(SOc2ccc(O)cc2)cc1. The number of carbonyl (C=O) groups excluding carboxylic acids is 1. The van der Waals surface area contributed by atoms with Crippen LogP contribution < -0.4 is 14.8 Å². The van der Waals surface area contributed by atoms with E-state index >= 15 is 0 Å². The van der Waals surface area contributed by atoms with Crippen molar-refractivity contribution in [3.05, 3.63) is 48.5 Å². The highest BCUT2D eigenvalue weighted by Crippen LogP contribution is 2.25. The van der Waals surface area contributed by atoms with Crippen molar-refractivity contribution in [3.8, 4) is 11.5 Å². The minimum Gasteiger partial charge on any atom is -0.508 e. The Balaban J connectivity index is 1.83. The summed E-state index contributed by atoms with van der Waals surface area (Å²) in [6.45, 7) is 0.418. The maximum Gasteiger partial charge on any atom is 0.319 e.